The molecule has 0 aliphatic heterocycles. The van der Waals surface area contributed by atoms with Crippen molar-refractivity contribution in [2.45, 2.75) is 65.5 Å². The van der Waals surface area contributed by atoms with E-state index in [9.17, 15) is 9.59 Å². The average Bonchev–Trinajstić information content (AvgIpc) is 3.78. The van der Waals surface area contributed by atoms with Crippen LogP contribution in [0.25, 0.3) is 11.4 Å². The lowest BCUT2D eigenvalue weighted by Gasteiger charge is -2.18. The molecule has 58 heavy (non-hydrogen) atoms. The zero-order valence-corrected chi connectivity index (χ0v) is 39.1. The maximum atomic E-state index is 12.9. The fraction of sp³-hybridized carbons (Fsp3) is 0.268. The summed E-state index contributed by atoms with van der Waals surface area (Å²) in [7, 11) is 0. The van der Waals surface area contributed by atoms with E-state index < -0.39 is 5.24 Å². The average molecular weight is 1020 g/mol. The van der Waals surface area contributed by atoms with Crippen molar-refractivity contribution in [3.63, 3.8) is 0 Å². The Morgan fingerprint density at radius 1 is 0.707 bits per heavy atom. The van der Waals surface area contributed by atoms with Crippen LogP contribution in [-0.4, -0.2) is 46.0 Å². The smallest absolute Gasteiger partial charge is 0.255 e. The number of rotatable bonds is 11. The SMILES string of the molecule is CCCC(N)c1cncc(Br)c1.CCCC(NC(=O)c1cnn(-c2ccc(Cl)cc2)c1C)c1cncc(Br)c1.Cc1c(C(=O)Cl)cnn1-c1ccc(Cl)cc1.ClCCl. The van der Waals surface area contributed by atoms with Crippen molar-refractivity contribution in [3.8, 4) is 11.4 Å². The van der Waals surface area contributed by atoms with Gasteiger partial charge in [-0.15, -0.1) is 23.2 Å². The van der Waals surface area contributed by atoms with Gasteiger partial charge in [0.05, 0.1) is 57.7 Å². The first-order valence-corrected chi connectivity index (χ1v) is 21.7. The monoisotopic (exact) mass is 1010 g/mol. The first-order valence-electron chi connectivity index (χ1n) is 17.9. The first kappa shape index (κ1) is 49.0. The molecule has 6 rings (SSSR count). The molecule has 4 aromatic heterocycles. The van der Waals surface area contributed by atoms with Gasteiger partial charge in [0.25, 0.3) is 11.1 Å². The van der Waals surface area contributed by atoms with Gasteiger partial charge in [-0.2, -0.15) is 10.2 Å². The first-order chi connectivity index (χ1) is 27.7. The van der Waals surface area contributed by atoms with Crippen LogP contribution in [-0.2, 0) is 0 Å². The van der Waals surface area contributed by atoms with E-state index in [0.717, 1.165) is 62.8 Å². The molecule has 2 unspecified atom stereocenters. The number of nitrogens with one attached hydrogen (secondary N) is 1. The summed E-state index contributed by atoms with van der Waals surface area (Å²) in [6.45, 7) is 7.89. The molecule has 2 atom stereocenters. The van der Waals surface area contributed by atoms with Crippen LogP contribution in [0.2, 0.25) is 10.0 Å². The Balaban J connectivity index is 0.000000246. The molecule has 17 heteroatoms. The fourth-order valence-electron chi connectivity index (χ4n) is 5.49. The van der Waals surface area contributed by atoms with Gasteiger partial charge in [-0.25, -0.2) is 9.36 Å². The number of amides is 1. The number of carbonyl (C=O) groups excluding carboxylic acids is 2. The van der Waals surface area contributed by atoms with Crippen molar-refractivity contribution in [1.29, 1.82) is 0 Å². The van der Waals surface area contributed by atoms with Gasteiger partial charge >= 0.3 is 0 Å². The molecule has 10 nitrogen and oxygen atoms in total. The molecule has 0 radical (unpaired) electrons. The van der Waals surface area contributed by atoms with Crippen molar-refractivity contribution < 1.29 is 9.59 Å². The van der Waals surface area contributed by atoms with Crippen LogP contribution in [0.3, 0.4) is 0 Å². The third-order valence-corrected chi connectivity index (χ3v) is 9.96. The molecule has 0 saturated heterocycles. The number of halogens is 7. The fourth-order valence-corrected chi connectivity index (χ4v) is 6.70. The summed E-state index contributed by atoms with van der Waals surface area (Å²) in [6.07, 6.45) is 14.1. The number of benzene rings is 2. The topological polar surface area (TPSA) is 134 Å². The van der Waals surface area contributed by atoms with Gasteiger partial charge in [-0.05, 0) is 142 Å². The minimum Gasteiger partial charge on any atom is -0.345 e. The zero-order valence-electron chi connectivity index (χ0n) is 32.2. The van der Waals surface area contributed by atoms with Crippen molar-refractivity contribution in [1.82, 2.24) is 34.8 Å². The number of pyridine rings is 2. The Hall–Kier alpha value is -3.33. The van der Waals surface area contributed by atoms with E-state index in [-0.39, 0.29) is 23.3 Å². The number of alkyl halides is 2. The summed E-state index contributed by atoms with van der Waals surface area (Å²) < 4.78 is 5.26. The van der Waals surface area contributed by atoms with Crippen molar-refractivity contribution in [2.75, 3.05) is 5.34 Å². The largest absolute Gasteiger partial charge is 0.345 e. The van der Waals surface area contributed by atoms with Crippen LogP contribution in [0.1, 0.15) is 94.8 Å². The molecular weight excluding hydrogens is 974 g/mol. The lowest BCUT2D eigenvalue weighted by molar-refractivity contribution is 0.0933. The molecule has 0 spiro atoms. The molecule has 0 aliphatic carbocycles. The second-order valence-electron chi connectivity index (χ2n) is 12.5. The van der Waals surface area contributed by atoms with E-state index in [1.807, 2.05) is 49.5 Å². The van der Waals surface area contributed by atoms with Crippen LogP contribution < -0.4 is 11.1 Å². The highest BCUT2D eigenvalue weighted by atomic mass is 79.9. The maximum Gasteiger partial charge on any atom is 0.255 e. The highest BCUT2D eigenvalue weighted by Crippen LogP contribution is 2.24. The van der Waals surface area contributed by atoms with Gasteiger partial charge in [0.1, 0.15) is 0 Å². The number of aromatic nitrogens is 6. The molecule has 4 heterocycles. The van der Waals surface area contributed by atoms with E-state index in [4.69, 9.17) is 63.7 Å². The molecule has 1 amide bonds. The van der Waals surface area contributed by atoms with Crippen LogP contribution in [0.15, 0.2) is 107 Å². The third-order valence-electron chi connectivity index (χ3n) is 8.38. The van der Waals surface area contributed by atoms with Crippen molar-refractivity contribution in [3.05, 3.63) is 150 Å². The number of carbonyl (C=O) groups is 2. The third kappa shape index (κ3) is 15.0. The van der Waals surface area contributed by atoms with E-state index in [1.165, 1.54) is 6.20 Å². The lowest BCUT2D eigenvalue weighted by Crippen LogP contribution is -2.29. The van der Waals surface area contributed by atoms with Gasteiger partial charge < -0.3 is 11.1 Å². The van der Waals surface area contributed by atoms with Crippen LogP contribution >= 0.6 is 89.9 Å². The summed E-state index contributed by atoms with van der Waals surface area (Å²) in [5.41, 5.74) is 12.1. The Bertz CT molecular complexity index is 2200. The molecule has 2 aromatic carbocycles. The number of nitrogens with zero attached hydrogens (tertiary/aromatic N) is 6. The van der Waals surface area contributed by atoms with Gasteiger partial charge in [-0.3, -0.25) is 19.6 Å². The van der Waals surface area contributed by atoms with Crippen molar-refractivity contribution >= 4 is 101 Å². The Morgan fingerprint density at radius 2 is 1.14 bits per heavy atom. The van der Waals surface area contributed by atoms with Crippen LogP contribution in [0.4, 0.5) is 0 Å². The minimum absolute atomic E-state index is 0.106. The highest BCUT2D eigenvalue weighted by Gasteiger charge is 2.20. The molecule has 0 aliphatic rings. The quantitative estimate of drug-likeness (QED) is 0.0975. The standard InChI is InChI=1S/C20H20BrClN4O.C11H8Cl2N2O.C9H13BrN2.CH2Cl2/c1-3-4-19(14-9-15(21)11-23-10-14)25-20(27)18-12-24-26(13(18)2)17-7-5-16(22)6-8-17;1-7-10(11(13)16)6-14-15(7)9-4-2-8(12)3-5-9;1-2-3-9(11)7-4-8(10)6-12-5-7;2-1-3/h5-12,19H,3-4H2,1-2H3,(H,25,27);2-6H,1H3;4-6,9H,2-3,11H2,1H3;1H2. The Morgan fingerprint density at radius 3 is 1.57 bits per heavy atom. The summed E-state index contributed by atoms with van der Waals surface area (Å²) >= 11 is 33.5. The molecule has 308 valence electrons. The van der Waals surface area contributed by atoms with Gasteiger partial charge in [-0.1, -0.05) is 49.9 Å². The van der Waals surface area contributed by atoms with E-state index in [0.29, 0.717) is 26.9 Å². The highest BCUT2D eigenvalue weighted by molar-refractivity contribution is 9.10. The van der Waals surface area contributed by atoms with Gasteiger partial charge in [0, 0.05) is 49.8 Å². The molecule has 6 aromatic rings. The van der Waals surface area contributed by atoms with Gasteiger partial charge in [0.15, 0.2) is 0 Å². The molecule has 0 bridgehead atoms. The predicted molar refractivity (Wildman–Crippen MR) is 244 cm³/mol. The van der Waals surface area contributed by atoms with E-state index in [2.05, 4.69) is 71.2 Å². The summed E-state index contributed by atoms with van der Waals surface area (Å²) in [6, 6.07) is 18.5. The Kier molecular flexibility index (Phi) is 21.4. The van der Waals surface area contributed by atoms with E-state index in [1.54, 1.807) is 65.3 Å². The summed E-state index contributed by atoms with van der Waals surface area (Å²) in [5.74, 6) is -0.147. The maximum absolute atomic E-state index is 12.9. The molecule has 0 saturated carbocycles. The normalized spacial score (nSPS) is 11.4. The lowest BCUT2D eigenvalue weighted by atomic mass is 10.0. The number of nitrogens with two attached hydrogens (primary N) is 1. The summed E-state index contributed by atoms with van der Waals surface area (Å²) in [5, 5.41) is 12.6. The summed E-state index contributed by atoms with van der Waals surface area (Å²) in [4.78, 5) is 32.2. The van der Waals surface area contributed by atoms with Crippen LogP contribution in [0.5, 0.6) is 0 Å². The zero-order chi connectivity index (χ0) is 42.8. The molecular formula is C41H43Br2Cl5N8O2. The van der Waals surface area contributed by atoms with E-state index >= 15 is 0 Å². The van der Waals surface area contributed by atoms with Crippen LogP contribution in [0, 0.1) is 13.8 Å². The second-order valence-corrected chi connectivity index (χ2v) is 16.4. The number of hydrogen-bond acceptors (Lipinski definition) is 7. The number of hydrogen-bond donors (Lipinski definition) is 2. The van der Waals surface area contributed by atoms with Gasteiger partial charge in [0.2, 0.25) is 0 Å². The Labute approximate surface area is 381 Å². The minimum atomic E-state index is -0.502. The predicted octanol–water partition coefficient (Wildman–Crippen LogP) is 12.5. The molecule has 0 fully saturated rings. The molecule has 3 N–H and O–H groups in total. The second kappa shape index (κ2) is 25.3. The van der Waals surface area contributed by atoms with Crippen molar-refractivity contribution in [2.24, 2.45) is 5.73 Å².